The molecule has 0 saturated heterocycles. The predicted molar refractivity (Wildman–Crippen MR) is 100 cm³/mol. The van der Waals surface area contributed by atoms with Gasteiger partial charge in [-0.05, 0) is 42.8 Å². The number of hydrogen-bond donors (Lipinski definition) is 1. The number of carbonyl (C=O) groups is 1. The average Bonchev–Trinajstić information content (AvgIpc) is 2.59. The second-order valence-corrected chi connectivity index (χ2v) is 6.19. The fourth-order valence-electron chi connectivity index (χ4n) is 2.36. The van der Waals surface area contributed by atoms with Crippen LogP contribution in [-0.4, -0.2) is 12.5 Å². The van der Waals surface area contributed by atoms with E-state index in [1.54, 1.807) is 24.3 Å². The Morgan fingerprint density at radius 1 is 1.04 bits per heavy atom. The highest BCUT2D eigenvalue weighted by atomic mass is 35.5. The van der Waals surface area contributed by atoms with Gasteiger partial charge in [0.25, 0.3) is 5.91 Å². The van der Waals surface area contributed by atoms with Crippen molar-refractivity contribution in [3.63, 3.8) is 0 Å². The van der Waals surface area contributed by atoms with E-state index in [0.29, 0.717) is 17.2 Å². The molecule has 2 rings (SSSR count). The third kappa shape index (κ3) is 6.25. The molecule has 0 aliphatic carbocycles. The lowest BCUT2D eigenvalue weighted by Crippen LogP contribution is -2.11. The molecule has 0 fully saturated rings. The lowest BCUT2D eigenvalue weighted by Gasteiger charge is -2.09. The highest BCUT2D eigenvalue weighted by molar-refractivity contribution is 6.30. The Morgan fingerprint density at radius 3 is 2.54 bits per heavy atom. The van der Waals surface area contributed by atoms with Crippen molar-refractivity contribution in [2.45, 2.75) is 39.0 Å². The van der Waals surface area contributed by atoms with E-state index in [2.05, 4.69) is 12.2 Å². The first kappa shape index (κ1) is 18.3. The van der Waals surface area contributed by atoms with Crippen LogP contribution in [0, 0.1) is 0 Å². The van der Waals surface area contributed by atoms with Crippen molar-refractivity contribution in [2.75, 3.05) is 11.9 Å². The zero-order valence-electron chi connectivity index (χ0n) is 14.1. The maximum absolute atomic E-state index is 12.2. The number of unbranched alkanes of at least 4 members (excludes halogenated alkanes) is 4. The van der Waals surface area contributed by atoms with Gasteiger partial charge in [0.2, 0.25) is 0 Å². The molecule has 128 valence electrons. The fraction of sp³-hybridized carbons (Fsp3) is 0.350. The van der Waals surface area contributed by atoms with Crippen molar-refractivity contribution in [2.24, 2.45) is 0 Å². The van der Waals surface area contributed by atoms with Gasteiger partial charge in [-0.25, -0.2) is 0 Å². The van der Waals surface area contributed by atoms with Crippen LogP contribution in [0.25, 0.3) is 0 Å². The number of halogens is 1. The molecule has 0 aliphatic heterocycles. The molecule has 1 amide bonds. The van der Waals surface area contributed by atoms with Crippen molar-refractivity contribution < 1.29 is 9.53 Å². The summed E-state index contributed by atoms with van der Waals surface area (Å²) in [6.45, 7) is 2.92. The average molecular weight is 346 g/mol. The summed E-state index contributed by atoms with van der Waals surface area (Å²) in [5, 5.41) is 3.49. The minimum absolute atomic E-state index is 0.164. The molecule has 0 aromatic heterocycles. The van der Waals surface area contributed by atoms with Gasteiger partial charge in [-0.2, -0.15) is 0 Å². The topological polar surface area (TPSA) is 38.3 Å². The number of nitrogens with one attached hydrogen (secondary N) is 1. The number of hydrogen-bond acceptors (Lipinski definition) is 2. The largest absolute Gasteiger partial charge is 0.494 e. The summed E-state index contributed by atoms with van der Waals surface area (Å²) in [4.78, 5) is 12.2. The normalized spacial score (nSPS) is 10.4. The Hall–Kier alpha value is -2.00. The van der Waals surface area contributed by atoms with E-state index in [1.165, 1.54) is 25.7 Å². The number of anilines is 1. The predicted octanol–water partition coefficient (Wildman–Crippen LogP) is 5.94. The molecule has 0 atom stereocenters. The Morgan fingerprint density at radius 2 is 1.79 bits per heavy atom. The second kappa shape index (κ2) is 9.99. The van der Waals surface area contributed by atoms with E-state index >= 15 is 0 Å². The maximum atomic E-state index is 12.2. The molecule has 0 bridgehead atoms. The summed E-state index contributed by atoms with van der Waals surface area (Å²) in [7, 11) is 0. The van der Waals surface area contributed by atoms with Gasteiger partial charge in [0.05, 0.1) is 6.61 Å². The molecule has 3 nitrogen and oxygen atoms in total. The highest BCUT2D eigenvalue weighted by Crippen LogP contribution is 2.19. The van der Waals surface area contributed by atoms with Crippen LogP contribution in [0.15, 0.2) is 48.5 Å². The van der Waals surface area contributed by atoms with Gasteiger partial charge in [-0.15, -0.1) is 0 Å². The van der Waals surface area contributed by atoms with Crippen molar-refractivity contribution >= 4 is 23.2 Å². The first-order valence-corrected chi connectivity index (χ1v) is 8.86. The summed E-state index contributed by atoms with van der Waals surface area (Å²) in [5.74, 6) is 0.614. The van der Waals surface area contributed by atoms with Crippen LogP contribution in [0.2, 0.25) is 5.02 Å². The summed E-state index contributed by atoms with van der Waals surface area (Å²) >= 11 is 5.84. The third-order valence-corrected chi connectivity index (χ3v) is 3.97. The van der Waals surface area contributed by atoms with Crippen LogP contribution < -0.4 is 10.1 Å². The van der Waals surface area contributed by atoms with Crippen LogP contribution in [0.4, 0.5) is 5.69 Å². The summed E-state index contributed by atoms with van der Waals surface area (Å²) < 4.78 is 5.76. The van der Waals surface area contributed by atoms with Crippen molar-refractivity contribution in [3.8, 4) is 5.75 Å². The molecule has 0 unspecified atom stereocenters. The highest BCUT2D eigenvalue weighted by Gasteiger charge is 2.06. The van der Waals surface area contributed by atoms with E-state index < -0.39 is 0 Å². The van der Waals surface area contributed by atoms with Crippen LogP contribution >= 0.6 is 11.6 Å². The van der Waals surface area contributed by atoms with E-state index in [1.807, 2.05) is 24.3 Å². The molecule has 2 aromatic rings. The number of carbonyl (C=O) groups excluding carboxylic acids is 1. The monoisotopic (exact) mass is 345 g/mol. The van der Waals surface area contributed by atoms with Crippen LogP contribution in [0.1, 0.15) is 49.4 Å². The SMILES string of the molecule is CCCCCCCOc1cccc(NC(=O)c2ccc(Cl)cc2)c1. The molecule has 0 heterocycles. The summed E-state index contributed by atoms with van der Waals surface area (Å²) in [6.07, 6.45) is 6.04. The third-order valence-electron chi connectivity index (χ3n) is 3.71. The number of rotatable bonds is 9. The number of benzene rings is 2. The van der Waals surface area contributed by atoms with Gasteiger partial charge >= 0.3 is 0 Å². The van der Waals surface area contributed by atoms with E-state index in [0.717, 1.165) is 17.9 Å². The lowest BCUT2D eigenvalue weighted by molar-refractivity contribution is 0.102. The Kier molecular flexibility index (Phi) is 7.63. The maximum Gasteiger partial charge on any atom is 0.255 e. The van der Waals surface area contributed by atoms with Crippen molar-refractivity contribution in [1.82, 2.24) is 0 Å². The Balaban J connectivity index is 1.83. The Bertz CT molecular complexity index is 640. The minimum atomic E-state index is -0.164. The van der Waals surface area contributed by atoms with E-state index in [4.69, 9.17) is 16.3 Å². The zero-order valence-corrected chi connectivity index (χ0v) is 14.8. The molecule has 24 heavy (non-hydrogen) atoms. The van der Waals surface area contributed by atoms with Gasteiger partial charge in [-0.1, -0.05) is 50.3 Å². The van der Waals surface area contributed by atoms with Gasteiger partial charge in [0, 0.05) is 22.3 Å². The van der Waals surface area contributed by atoms with Gasteiger partial charge < -0.3 is 10.1 Å². The minimum Gasteiger partial charge on any atom is -0.494 e. The molecule has 2 aromatic carbocycles. The number of amides is 1. The molecule has 0 aliphatic rings. The molecule has 4 heteroatoms. The molecule has 0 spiro atoms. The molecular formula is C20H24ClNO2. The summed E-state index contributed by atoms with van der Waals surface area (Å²) in [6, 6.07) is 14.3. The smallest absolute Gasteiger partial charge is 0.255 e. The van der Waals surface area contributed by atoms with Gasteiger partial charge in [0.15, 0.2) is 0 Å². The standard InChI is InChI=1S/C20H24ClNO2/c1-2-3-4-5-6-14-24-19-9-7-8-18(15-19)22-20(23)16-10-12-17(21)13-11-16/h7-13,15H,2-6,14H2,1H3,(H,22,23). The second-order valence-electron chi connectivity index (χ2n) is 5.75. The lowest BCUT2D eigenvalue weighted by atomic mass is 10.2. The van der Waals surface area contributed by atoms with Gasteiger partial charge in [0.1, 0.15) is 5.75 Å². The fourth-order valence-corrected chi connectivity index (χ4v) is 2.49. The zero-order chi connectivity index (χ0) is 17.2. The van der Waals surface area contributed by atoms with Gasteiger partial charge in [-0.3, -0.25) is 4.79 Å². The first-order chi connectivity index (χ1) is 11.7. The summed E-state index contributed by atoms with van der Waals surface area (Å²) in [5.41, 5.74) is 1.29. The van der Waals surface area contributed by atoms with Crippen LogP contribution in [0.5, 0.6) is 5.75 Å². The van der Waals surface area contributed by atoms with E-state index in [9.17, 15) is 4.79 Å². The Labute approximate surface area is 149 Å². The van der Waals surface area contributed by atoms with Crippen molar-refractivity contribution in [3.05, 3.63) is 59.1 Å². The first-order valence-electron chi connectivity index (χ1n) is 8.49. The molecule has 1 N–H and O–H groups in total. The van der Waals surface area contributed by atoms with Crippen molar-refractivity contribution in [1.29, 1.82) is 0 Å². The van der Waals surface area contributed by atoms with Crippen LogP contribution in [0.3, 0.4) is 0 Å². The molecule has 0 saturated carbocycles. The quantitative estimate of drug-likeness (QED) is 0.571. The molecule has 0 radical (unpaired) electrons. The van der Waals surface area contributed by atoms with E-state index in [-0.39, 0.29) is 5.91 Å². The van der Waals surface area contributed by atoms with Crippen LogP contribution in [-0.2, 0) is 0 Å². The molecular weight excluding hydrogens is 322 g/mol. The number of ether oxygens (including phenoxy) is 1.